The normalized spacial score (nSPS) is 11.5. The molecule has 0 aromatic heterocycles. The van der Waals surface area contributed by atoms with Gasteiger partial charge in [0.25, 0.3) is 5.91 Å². The average Bonchev–Trinajstić information content (AvgIpc) is 2.48. The Balaban J connectivity index is 2.68. The van der Waals surface area contributed by atoms with Crippen molar-refractivity contribution in [2.45, 2.75) is 20.4 Å². The van der Waals surface area contributed by atoms with Crippen LogP contribution in [0.5, 0.6) is 11.5 Å². The number of methoxy groups -OCH3 is 2. The van der Waals surface area contributed by atoms with Gasteiger partial charge in [-0.05, 0) is 31.5 Å². The van der Waals surface area contributed by atoms with Crippen molar-refractivity contribution in [3.8, 4) is 11.5 Å². The average molecular weight is 324 g/mol. The molecule has 1 unspecified atom stereocenters. The summed E-state index contributed by atoms with van der Waals surface area (Å²) in [5.41, 5.74) is 2.12. The maximum absolute atomic E-state index is 11.8. The molecule has 0 saturated heterocycles. The van der Waals surface area contributed by atoms with E-state index < -0.39 is 6.03 Å². The Morgan fingerprint density at radius 3 is 2.35 bits per heavy atom. The molecule has 23 heavy (non-hydrogen) atoms. The van der Waals surface area contributed by atoms with Gasteiger partial charge in [-0.1, -0.05) is 0 Å². The number of carbonyl (C=O) groups excluding carboxylic acids is 2. The number of benzene rings is 1. The fraction of sp³-hybridized carbons (Fsp3) is 0.500. The summed E-state index contributed by atoms with van der Waals surface area (Å²) >= 11 is 0. The van der Waals surface area contributed by atoms with Crippen LogP contribution in [-0.4, -0.2) is 46.3 Å². The fourth-order valence-corrected chi connectivity index (χ4v) is 2.25. The Bertz CT molecular complexity index is 561. The molecule has 0 bridgehead atoms. The smallest absolute Gasteiger partial charge is 0.321 e. The Hall–Kier alpha value is -2.28. The molecule has 0 aliphatic heterocycles. The molecule has 3 N–H and O–H groups in total. The van der Waals surface area contributed by atoms with Crippen molar-refractivity contribution in [1.82, 2.24) is 10.6 Å². The Kier molecular flexibility index (Phi) is 7.34. The van der Waals surface area contributed by atoms with E-state index in [0.717, 1.165) is 16.0 Å². The topological polar surface area (TPSA) is 81.1 Å². The molecule has 3 amide bonds. The monoisotopic (exact) mass is 324 g/mol. The molecule has 0 aliphatic carbocycles. The molecule has 128 valence electrons. The number of nitrogens with one attached hydrogen (secondary N) is 3. The first-order chi connectivity index (χ1) is 10.9. The van der Waals surface area contributed by atoms with E-state index in [4.69, 9.17) is 9.47 Å². The summed E-state index contributed by atoms with van der Waals surface area (Å²) in [7, 11) is 5.08. The molecule has 1 aromatic carbocycles. The van der Waals surface area contributed by atoms with Crippen LogP contribution in [0.4, 0.5) is 4.79 Å². The van der Waals surface area contributed by atoms with Crippen molar-refractivity contribution in [2.24, 2.45) is 0 Å². The van der Waals surface area contributed by atoms with E-state index in [1.54, 1.807) is 21.1 Å². The van der Waals surface area contributed by atoms with Crippen molar-refractivity contribution in [3.63, 3.8) is 0 Å². The first kappa shape index (κ1) is 18.8. The standard InChI is InChI=1S/C16H25N3O4/c1-6-17-16(21)18-15(20)10-19(3)9-12-8-14(23-5)13(22-4)7-11(12)2/h7-8H,6,9-10H2,1-5H3,(H2,17,18,20,21)/p+1. The first-order valence-electron chi connectivity index (χ1n) is 7.51. The molecular weight excluding hydrogens is 298 g/mol. The van der Waals surface area contributed by atoms with Crippen molar-refractivity contribution < 1.29 is 24.0 Å². The van der Waals surface area contributed by atoms with E-state index in [1.807, 2.05) is 26.1 Å². The van der Waals surface area contributed by atoms with Gasteiger partial charge in [0.1, 0.15) is 6.54 Å². The van der Waals surface area contributed by atoms with Crippen LogP contribution in [0.3, 0.4) is 0 Å². The third-order valence-electron chi connectivity index (χ3n) is 3.39. The van der Waals surface area contributed by atoms with Crippen LogP contribution in [0.25, 0.3) is 0 Å². The third kappa shape index (κ3) is 5.78. The van der Waals surface area contributed by atoms with Gasteiger partial charge in [0.15, 0.2) is 18.0 Å². The van der Waals surface area contributed by atoms with Gasteiger partial charge in [0, 0.05) is 12.1 Å². The SMILES string of the molecule is CCNC(=O)NC(=O)C[NH+](C)Cc1cc(OC)c(OC)cc1C. The molecule has 0 radical (unpaired) electrons. The number of hydrogen-bond acceptors (Lipinski definition) is 4. The van der Waals surface area contributed by atoms with Crippen molar-refractivity contribution in [1.29, 1.82) is 0 Å². The number of imide groups is 1. The molecule has 1 rings (SSSR count). The summed E-state index contributed by atoms with van der Waals surface area (Å²) in [5, 5.41) is 4.82. The van der Waals surface area contributed by atoms with Gasteiger partial charge in [0.2, 0.25) is 0 Å². The molecule has 7 heteroatoms. The maximum atomic E-state index is 11.8. The van der Waals surface area contributed by atoms with E-state index in [-0.39, 0.29) is 12.5 Å². The van der Waals surface area contributed by atoms with E-state index in [2.05, 4.69) is 10.6 Å². The minimum Gasteiger partial charge on any atom is -0.493 e. The molecule has 0 fully saturated rings. The van der Waals surface area contributed by atoms with Crippen molar-refractivity contribution >= 4 is 11.9 Å². The number of amides is 3. The molecule has 0 heterocycles. The van der Waals surface area contributed by atoms with Gasteiger partial charge in [-0.25, -0.2) is 4.79 Å². The van der Waals surface area contributed by atoms with Crippen molar-refractivity contribution in [3.05, 3.63) is 23.3 Å². The Labute approximate surface area is 136 Å². The Morgan fingerprint density at radius 2 is 1.78 bits per heavy atom. The van der Waals surface area contributed by atoms with Crippen LogP contribution in [0.15, 0.2) is 12.1 Å². The van der Waals surface area contributed by atoms with Crippen LogP contribution in [-0.2, 0) is 11.3 Å². The van der Waals surface area contributed by atoms with Gasteiger partial charge in [-0.3, -0.25) is 10.1 Å². The summed E-state index contributed by atoms with van der Waals surface area (Å²) in [4.78, 5) is 24.1. The third-order valence-corrected chi connectivity index (χ3v) is 3.39. The van der Waals surface area contributed by atoms with Crippen LogP contribution >= 0.6 is 0 Å². The number of aryl methyl sites for hydroxylation is 1. The number of likely N-dealkylation sites (N-methyl/N-ethyl adjacent to an activating group) is 1. The molecule has 7 nitrogen and oxygen atoms in total. The van der Waals surface area contributed by atoms with E-state index in [0.29, 0.717) is 24.6 Å². The Morgan fingerprint density at radius 1 is 1.17 bits per heavy atom. The predicted molar refractivity (Wildman–Crippen MR) is 87.0 cm³/mol. The van der Waals surface area contributed by atoms with Gasteiger partial charge >= 0.3 is 6.03 Å². The van der Waals surface area contributed by atoms with E-state index >= 15 is 0 Å². The first-order valence-corrected chi connectivity index (χ1v) is 7.51. The fourth-order valence-electron chi connectivity index (χ4n) is 2.25. The lowest BCUT2D eigenvalue weighted by atomic mass is 10.1. The van der Waals surface area contributed by atoms with Gasteiger partial charge in [0.05, 0.1) is 21.3 Å². The van der Waals surface area contributed by atoms with Crippen LogP contribution in [0, 0.1) is 6.92 Å². The highest BCUT2D eigenvalue weighted by Crippen LogP contribution is 2.29. The van der Waals surface area contributed by atoms with E-state index in [1.165, 1.54) is 0 Å². The van der Waals surface area contributed by atoms with Crippen LogP contribution < -0.4 is 25.0 Å². The summed E-state index contributed by atoms with van der Waals surface area (Å²) in [6, 6.07) is 3.36. The lowest BCUT2D eigenvalue weighted by molar-refractivity contribution is -0.885. The second-order valence-corrected chi connectivity index (χ2v) is 5.35. The number of carbonyl (C=O) groups is 2. The summed E-state index contributed by atoms with van der Waals surface area (Å²) in [6.45, 7) is 5.09. The highest BCUT2D eigenvalue weighted by Gasteiger charge is 2.16. The van der Waals surface area contributed by atoms with Gasteiger partial charge in [-0.2, -0.15) is 0 Å². The number of ether oxygens (including phenoxy) is 2. The number of rotatable bonds is 7. The molecule has 0 aliphatic rings. The lowest BCUT2D eigenvalue weighted by Crippen LogP contribution is -3.09. The van der Waals surface area contributed by atoms with Crippen LogP contribution in [0.1, 0.15) is 18.1 Å². The summed E-state index contributed by atoms with van der Waals surface area (Å²) in [5.74, 6) is 1.03. The summed E-state index contributed by atoms with van der Waals surface area (Å²) in [6.07, 6.45) is 0. The summed E-state index contributed by atoms with van der Waals surface area (Å²) < 4.78 is 10.6. The predicted octanol–water partition coefficient (Wildman–Crippen LogP) is -0.127. The molecule has 1 aromatic rings. The number of hydrogen-bond donors (Lipinski definition) is 3. The highest BCUT2D eigenvalue weighted by atomic mass is 16.5. The molecule has 0 spiro atoms. The minimum absolute atomic E-state index is 0.199. The van der Waals surface area contributed by atoms with Gasteiger partial charge < -0.3 is 19.7 Å². The molecular formula is C16H26N3O4+. The zero-order chi connectivity index (χ0) is 17.4. The quantitative estimate of drug-likeness (QED) is 0.653. The lowest BCUT2D eigenvalue weighted by Gasteiger charge is -2.17. The largest absolute Gasteiger partial charge is 0.493 e. The zero-order valence-electron chi connectivity index (χ0n) is 14.4. The van der Waals surface area contributed by atoms with E-state index in [9.17, 15) is 9.59 Å². The van der Waals surface area contributed by atoms with Gasteiger partial charge in [-0.15, -0.1) is 0 Å². The number of quaternary nitrogens is 1. The second-order valence-electron chi connectivity index (χ2n) is 5.35. The second kappa shape index (κ2) is 8.99. The van der Waals surface area contributed by atoms with Crippen LogP contribution in [0.2, 0.25) is 0 Å². The maximum Gasteiger partial charge on any atom is 0.321 e. The van der Waals surface area contributed by atoms with Crippen molar-refractivity contribution in [2.75, 3.05) is 34.4 Å². The minimum atomic E-state index is -0.465. The number of urea groups is 1. The molecule has 1 atom stereocenters. The highest BCUT2D eigenvalue weighted by molar-refractivity contribution is 5.94. The zero-order valence-corrected chi connectivity index (χ0v) is 14.4. The molecule has 0 saturated carbocycles.